The van der Waals surface area contributed by atoms with Crippen LogP contribution in [0.1, 0.15) is 60.0 Å². The summed E-state index contributed by atoms with van der Waals surface area (Å²) >= 11 is 0. The highest BCUT2D eigenvalue weighted by Crippen LogP contribution is 2.20. The summed E-state index contributed by atoms with van der Waals surface area (Å²) in [6.07, 6.45) is -3.32. The molecule has 0 aliphatic carbocycles. The van der Waals surface area contributed by atoms with Gasteiger partial charge in [-0.1, -0.05) is 13.0 Å². The van der Waals surface area contributed by atoms with Gasteiger partial charge in [0.25, 0.3) is 5.91 Å². The minimum atomic E-state index is -4.28. The zero-order valence-electron chi connectivity index (χ0n) is 17.0. The Morgan fingerprint density at radius 3 is 2.57 bits per heavy atom. The second-order valence-electron chi connectivity index (χ2n) is 6.90. The fraction of sp³-hybridized carbons (Fsp3) is 0.429. The minimum absolute atomic E-state index is 0.0384. The number of rotatable bonds is 9. The Kier molecular flexibility index (Phi) is 7.91. The molecule has 0 aromatic carbocycles. The third kappa shape index (κ3) is 7.46. The van der Waals surface area contributed by atoms with Crippen LogP contribution in [0.2, 0.25) is 0 Å². The minimum Gasteiger partial charge on any atom is -0.477 e. The van der Waals surface area contributed by atoms with Crippen molar-refractivity contribution in [3.63, 3.8) is 0 Å². The number of halogens is 3. The van der Waals surface area contributed by atoms with Crippen molar-refractivity contribution in [1.29, 1.82) is 0 Å². The van der Waals surface area contributed by atoms with Gasteiger partial charge in [0.2, 0.25) is 5.88 Å². The van der Waals surface area contributed by atoms with E-state index in [1.165, 1.54) is 12.3 Å². The van der Waals surface area contributed by atoms with E-state index in [0.29, 0.717) is 28.9 Å². The van der Waals surface area contributed by atoms with E-state index in [-0.39, 0.29) is 24.0 Å². The monoisotopic (exact) mass is 423 g/mol. The number of carbonyl (C=O) groups excluding carboxylic acids is 2. The molecule has 0 saturated carbocycles. The molecule has 1 unspecified atom stereocenters. The van der Waals surface area contributed by atoms with Crippen LogP contribution in [0.4, 0.5) is 13.2 Å². The number of Topliss-reactive ketones (excluding diaryl/α,β-unsaturated/α-hetero) is 1. The lowest BCUT2D eigenvalue weighted by Crippen LogP contribution is -2.27. The molecule has 30 heavy (non-hydrogen) atoms. The first-order valence-corrected chi connectivity index (χ1v) is 9.53. The lowest BCUT2D eigenvalue weighted by Gasteiger charge is -2.15. The standard InChI is InChI=1S/C21H24F3N3O3/c1-4-18(28)11-17-10-16(9-13(2)26-17)20(29)27-14(3)15-5-6-19(25-12-15)30-8-7-21(22,23)24/h5-6,9-10,12,14H,4,7-8,11H2,1-3H3,(H,27,29). The fourth-order valence-corrected chi connectivity index (χ4v) is 2.65. The number of carbonyl (C=O) groups is 2. The van der Waals surface area contributed by atoms with Crippen LogP contribution in [-0.4, -0.2) is 34.4 Å². The van der Waals surface area contributed by atoms with Crippen molar-refractivity contribution in [2.24, 2.45) is 0 Å². The number of ether oxygens (including phenoxy) is 1. The fourth-order valence-electron chi connectivity index (χ4n) is 2.65. The number of hydrogen-bond acceptors (Lipinski definition) is 5. The molecule has 0 spiro atoms. The van der Waals surface area contributed by atoms with E-state index in [9.17, 15) is 22.8 Å². The molecule has 1 amide bonds. The topological polar surface area (TPSA) is 81.2 Å². The summed E-state index contributed by atoms with van der Waals surface area (Å²) in [5, 5.41) is 2.84. The molecule has 2 aromatic rings. The maximum absolute atomic E-state index is 12.6. The largest absolute Gasteiger partial charge is 0.477 e. The zero-order chi connectivity index (χ0) is 22.3. The SMILES string of the molecule is CCC(=O)Cc1cc(C(=O)NC(C)c2ccc(OCCC(F)(F)F)nc2)cc(C)n1. The number of amides is 1. The van der Waals surface area contributed by atoms with Crippen molar-refractivity contribution in [3.05, 3.63) is 53.0 Å². The third-order valence-electron chi connectivity index (χ3n) is 4.28. The highest BCUT2D eigenvalue weighted by molar-refractivity contribution is 5.95. The molecule has 0 saturated heterocycles. The number of ketones is 1. The Hall–Kier alpha value is -2.97. The lowest BCUT2D eigenvalue weighted by atomic mass is 10.1. The van der Waals surface area contributed by atoms with Gasteiger partial charge in [-0.05, 0) is 31.5 Å². The van der Waals surface area contributed by atoms with E-state index in [1.54, 1.807) is 39.0 Å². The molecule has 6 nitrogen and oxygen atoms in total. The van der Waals surface area contributed by atoms with Crippen molar-refractivity contribution < 1.29 is 27.5 Å². The zero-order valence-corrected chi connectivity index (χ0v) is 17.0. The average molecular weight is 423 g/mol. The van der Waals surface area contributed by atoms with Gasteiger partial charge >= 0.3 is 6.18 Å². The Balaban J connectivity index is 1.99. The first-order valence-electron chi connectivity index (χ1n) is 9.53. The molecule has 2 heterocycles. The van der Waals surface area contributed by atoms with Gasteiger partial charge in [0.1, 0.15) is 5.78 Å². The van der Waals surface area contributed by atoms with Gasteiger partial charge in [-0.2, -0.15) is 13.2 Å². The second-order valence-corrected chi connectivity index (χ2v) is 6.90. The van der Waals surface area contributed by atoms with Crippen molar-refractivity contribution in [2.75, 3.05) is 6.61 Å². The average Bonchev–Trinajstić information content (AvgIpc) is 2.66. The van der Waals surface area contributed by atoms with Crippen LogP contribution in [0.25, 0.3) is 0 Å². The van der Waals surface area contributed by atoms with Crippen molar-refractivity contribution in [2.45, 2.75) is 52.3 Å². The number of nitrogens with one attached hydrogen (secondary N) is 1. The molecule has 0 radical (unpaired) electrons. The molecule has 0 aliphatic rings. The Bertz CT molecular complexity index is 883. The number of hydrogen-bond donors (Lipinski definition) is 1. The number of alkyl halides is 3. The summed E-state index contributed by atoms with van der Waals surface area (Å²) in [5.74, 6) is -0.211. The van der Waals surface area contributed by atoms with Gasteiger partial charge in [-0.15, -0.1) is 0 Å². The van der Waals surface area contributed by atoms with Crippen LogP contribution < -0.4 is 10.1 Å². The highest BCUT2D eigenvalue weighted by atomic mass is 19.4. The van der Waals surface area contributed by atoms with Gasteiger partial charge in [0.05, 0.1) is 19.1 Å². The molecule has 1 atom stereocenters. The van der Waals surface area contributed by atoms with Crippen LogP contribution >= 0.6 is 0 Å². The van der Waals surface area contributed by atoms with Crippen LogP contribution in [-0.2, 0) is 11.2 Å². The molecule has 2 rings (SSSR count). The lowest BCUT2D eigenvalue weighted by molar-refractivity contribution is -0.139. The summed E-state index contributed by atoms with van der Waals surface area (Å²) in [7, 11) is 0. The van der Waals surface area contributed by atoms with Gasteiger partial charge in [0, 0.05) is 42.1 Å². The number of pyridine rings is 2. The molecule has 1 N–H and O–H groups in total. The molecule has 0 bridgehead atoms. The quantitative estimate of drug-likeness (QED) is 0.656. The summed E-state index contributed by atoms with van der Waals surface area (Å²) in [6.45, 7) is 4.77. The van der Waals surface area contributed by atoms with E-state index in [2.05, 4.69) is 15.3 Å². The smallest absolute Gasteiger partial charge is 0.392 e. The van der Waals surface area contributed by atoms with Crippen LogP contribution in [0, 0.1) is 6.92 Å². The predicted molar refractivity (Wildman–Crippen MR) is 104 cm³/mol. The summed E-state index contributed by atoms with van der Waals surface area (Å²) in [4.78, 5) is 32.6. The predicted octanol–water partition coefficient (Wildman–Crippen LogP) is 4.13. The van der Waals surface area contributed by atoms with E-state index < -0.39 is 25.2 Å². The highest BCUT2D eigenvalue weighted by Gasteiger charge is 2.27. The first kappa shape index (κ1) is 23.3. The molecule has 0 aliphatic heterocycles. The Morgan fingerprint density at radius 1 is 1.23 bits per heavy atom. The number of aromatic nitrogens is 2. The summed E-state index contributed by atoms with van der Waals surface area (Å²) < 4.78 is 41.5. The summed E-state index contributed by atoms with van der Waals surface area (Å²) in [5.41, 5.74) is 2.24. The molecular formula is C21H24F3N3O3. The van der Waals surface area contributed by atoms with Crippen molar-refractivity contribution in [1.82, 2.24) is 15.3 Å². The summed E-state index contributed by atoms with van der Waals surface area (Å²) in [6, 6.07) is 5.92. The van der Waals surface area contributed by atoms with Crippen LogP contribution in [0.3, 0.4) is 0 Å². The molecule has 2 aromatic heterocycles. The van der Waals surface area contributed by atoms with Gasteiger partial charge in [-0.3, -0.25) is 14.6 Å². The van der Waals surface area contributed by atoms with Crippen LogP contribution in [0.15, 0.2) is 30.5 Å². The van der Waals surface area contributed by atoms with Crippen LogP contribution in [0.5, 0.6) is 5.88 Å². The van der Waals surface area contributed by atoms with Crippen molar-refractivity contribution in [3.8, 4) is 5.88 Å². The molecule has 9 heteroatoms. The molecular weight excluding hydrogens is 399 g/mol. The van der Waals surface area contributed by atoms with E-state index in [0.717, 1.165) is 0 Å². The molecule has 162 valence electrons. The number of nitrogens with zero attached hydrogens (tertiary/aromatic N) is 2. The van der Waals surface area contributed by atoms with Gasteiger partial charge in [-0.25, -0.2) is 4.98 Å². The van der Waals surface area contributed by atoms with E-state index in [1.807, 2.05) is 0 Å². The Morgan fingerprint density at radius 2 is 1.97 bits per heavy atom. The second kappa shape index (κ2) is 10.2. The van der Waals surface area contributed by atoms with E-state index in [4.69, 9.17) is 4.74 Å². The van der Waals surface area contributed by atoms with Gasteiger partial charge in [0.15, 0.2) is 0 Å². The maximum atomic E-state index is 12.6. The third-order valence-corrected chi connectivity index (χ3v) is 4.28. The molecule has 0 fully saturated rings. The Labute approximate surface area is 172 Å². The van der Waals surface area contributed by atoms with E-state index >= 15 is 0 Å². The first-order chi connectivity index (χ1) is 14.1. The number of aryl methyl sites for hydroxylation is 1. The van der Waals surface area contributed by atoms with Crippen molar-refractivity contribution >= 4 is 11.7 Å². The maximum Gasteiger partial charge on any atom is 0.392 e. The van der Waals surface area contributed by atoms with Gasteiger partial charge < -0.3 is 10.1 Å². The normalized spacial score (nSPS) is 12.3.